The fourth-order valence-electron chi connectivity index (χ4n) is 3.62. The molecule has 4 aromatic carbocycles. The van der Waals surface area contributed by atoms with Gasteiger partial charge in [0.1, 0.15) is 5.82 Å². The lowest BCUT2D eigenvalue weighted by molar-refractivity contribution is 0.628. The number of hydrogen-bond donors (Lipinski definition) is 0. The second kappa shape index (κ2) is 6.33. The van der Waals surface area contributed by atoms with Crippen LogP contribution >= 0.6 is 0 Å². The van der Waals surface area contributed by atoms with Crippen LogP contribution in [0.15, 0.2) is 97.1 Å². The Balaban J connectivity index is 1.88. The van der Waals surface area contributed by atoms with Gasteiger partial charge in [0.2, 0.25) is 0 Å². The Morgan fingerprint density at radius 3 is 2.19 bits per heavy atom. The van der Waals surface area contributed by atoms with Gasteiger partial charge in [-0.05, 0) is 58.3 Å². The van der Waals surface area contributed by atoms with E-state index in [1.54, 1.807) is 12.1 Å². The Hall–Kier alpha value is -3.52. The number of benzene rings is 4. The summed E-state index contributed by atoms with van der Waals surface area (Å²) in [6, 6.07) is 31.5. The van der Waals surface area contributed by atoms with Crippen molar-refractivity contribution in [3.63, 3.8) is 0 Å². The zero-order valence-electron chi connectivity index (χ0n) is 14.6. The van der Waals surface area contributed by atoms with Gasteiger partial charge in [-0.15, -0.1) is 0 Å². The van der Waals surface area contributed by atoms with Crippen molar-refractivity contribution in [2.24, 2.45) is 0 Å². The molecule has 0 amide bonds. The zero-order chi connectivity index (χ0) is 18.2. The molecule has 1 heterocycles. The maximum absolute atomic E-state index is 13.4. The molecule has 0 N–H and O–H groups in total. The van der Waals surface area contributed by atoms with E-state index in [1.807, 2.05) is 18.2 Å². The van der Waals surface area contributed by atoms with E-state index < -0.39 is 0 Å². The highest BCUT2D eigenvalue weighted by Crippen LogP contribution is 2.36. The number of halogens is 1. The van der Waals surface area contributed by atoms with Crippen LogP contribution in [0.1, 0.15) is 0 Å². The molecule has 0 saturated carbocycles. The van der Waals surface area contributed by atoms with Crippen molar-refractivity contribution in [2.75, 3.05) is 0 Å². The Kier molecular flexibility index (Phi) is 3.68. The van der Waals surface area contributed by atoms with Crippen molar-refractivity contribution in [1.29, 1.82) is 0 Å². The van der Waals surface area contributed by atoms with E-state index in [4.69, 9.17) is 4.98 Å². The van der Waals surface area contributed by atoms with Crippen LogP contribution in [0.5, 0.6) is 0 Å². The van der Waals surface area contributed by atoms with Gasteiger partial charge in [-0.25, -0.2) is 9.37 Å². The standard InChI is InChI=1S/C25H16FN/c26-20-13-10-19(11-14-20)24-16-22(17-6-2-1-3-7-17)25-21-9-5-4-8-18(21)12-15-23(25)27-24/h1-16H. The van der Waals surface area contributed by atoms with Gasteiger partial charge in [-0.2, -0.15) is 0 Å². The molecule has 1 aromatic heterocycles. The third-order valence-electron chi connectivity index (χ3n) is 4.92. The predicted molar refractivity (Wildman–Crippen MR) is 110 cm³/mol. The Morgan fingerprint density at radius 1 is 0.630 bits per heavy atom. The summed E-state index contributed by atoms with van der Waals surface area (Å²) in [5.74, 6) is -0.242. The third kappa shape index (κ3) is 2.76. The summed E-state index contributed by atoms with van der Waals surface area (Å²) in [7, 11) is 0. The summed E-state index contributed by atoms with van der Waals surface area (Å²) >= 11 is 0. The van der Waals surface area contributed by atoms with Gasteiger partial charge in [0, 0.05) is 10.9 Å². The monoisotopic (exact) mass is 349 g/mol. The van der Waals surface area contributed by atoms with E-state index >= 15 is 0 Å². The second-order valence-electron chi connectivity index (χ2n) is 6.61. The van der Waals surface area contributed by atoms with E-state index in [0.29, 0.717) is 0 Å². The summed E-state index contributed by atoms with van der Waals surface area (Å²) in [6.07, 6.45) is 0. The molecule has 0 saturated heterocycles. The lowest BCUT2D eigenvalue weighted by Gasteiger charge is -2.13. The van der Waals surface area contributed by atoms with E-state index in [9.17, 15) is 4.39 Å². The number of fused-ring (bicyclic) bond motifs is 3. The molecule has 0 aliphatic carbocycles. The fourth-order valence-corrected chi connectivity index (χ4v) is 3.62. The molecule has 5 rings (SSSR count). The van der Waals surface area contributed by atoms with Gasteiger partial charge >= 0.3 is 0 Å². The van der Waals surface area contributed by atoms with Gasteiger partial charge < -0.3 is 0 Å². The molecule has 2 heteroatoms. The van der Waals surface area contributed by atoms with E-state index in [-0.39, 0.29) is 5.82 Å². The Bertz CT molecular complexity index is 1260. The van der Waals surface area contributed by atoms with Gasteiger partial charge in [0.05, 0.1) is 11.2 Å². The van der Waals surface area contributed by atoms with Crippen molar-refractivity contribution in [1.82, 2.24) is 4.98 Å². The molecule has 0 spiro atoms. The maximum Gasteiger partial charge on any atom is 0.123 e. The van der Waals surface area contributed by atoms with Crippen LogP contribution in [0.2, 0.25) is 0 Å². The first kappa shape index (κ1) is 15.7. The van der Waals surface area contributed by atoms with Crippen LogP contribution in [-0.4, -0.2) is 4.98 Å². The number of rotatable bonds is 2. The lowest BCUT2D eigenvalue weighted by atomic mass is 9.94. The highest BCUT2D eigenvalue weighted by Gasteiger charge is 2.12. The second-order valence-corrected chi connectivity index (χ2v) is 6.61. The molecule has 27 heavy (non-hydrogen) atoms. The lowest BCUT2D eigenvalue weighted by Crippen LogP contribution is -1.91. The minimum Gasteiger partial charge on any atom is -0.248 e. The molecule has 0 aliphatic rings. The summed E-state index contributed by atoms with van der Waals surface area (Å²) < 4.78 is 13.4. The highest BCUT2D eigenvalue weighted by molar-refractivity contribution is 6.13. The first-order valence-corrected chi connectivity index (χ1v) is 8.93. The van der Waals surface area contributed by atoms with Gasteiger partial charge in [-0.3, -0.25) is 0 Å². The molecule has 0 bridgehead atoms. The average molecular weight is 349 g/mol. The third-order valence-corrected chi connectivity index (χ3v) is 4.92. The van der Waals surface area contributed by atoms with Crippen molar-refractivity contribution in [2.45, 2.75) is 0 Å². The molecule has 0 fully saturated rings. The summed E-state index contributed by atoms with van der Waals surface area (Å²) in [5.41, 5.74) is 4.97. The van der Waals surface area contributed by atoms with Crippen molar-refractivity contribution < 1.29 is 4.39 Å². The molecule has 0 radical (unpaired) electrons. The van der Waals surface area contributed by atoms with Crippen LogP contribution in [0, 0.1) is 5.82 Å². The maximum atomic E-state index is 13.4. The first-order chi connectivity index (χ1) is 13.3. The molecule has 0 atom stereocenters. The zero-order valence-corrected chi connectivity index (χ0v) is 14.6. The summed E-state index contributed by atoms with van der Waals surface area (Å²) in [6.45, 7) is 0. The fraction of sp³-hybridized carbons (Fsp3) is 0. The normalized spacial score (nSPS) is 11.1. The molecule has 1 nitrogen and oxygen atoms in total. The van der Waals surface area contributed by atoms with Gasteiger partial charge in [0.25, 0.3) is 0 Å². The molecule has 128 valence electrons. The Morgan fingerprint density at radius 2 is 1.37 bits per heavy atom. The predicted octanol–water partition coefficient (Wildman–Crippen LogP) is 6.86. The van der Waals surface area contributed by atoms with Crippen LogP contribution < -0.4 is 0 Å². The molecule has 5 aromatic rings. The number of aromatic nitrogens is 1. The smallest absolute Gasteiger partial charge is 0.123 e. The van der Waals surface area contributed by atoms with Crippen LogP contribution in [0.4, 0.5) is 4.39 Å². The van der Waals surface area contributed by atoms with Crippen LogP contribution in [0.25, 0.3) is 44.1 Å². The topological polar surface area (TPSA) is 12.9 Å². The Labute approximate surface area is 156 Å². The SMILES string of the molecule is Fc1ccc(-c2cc(-c3ccccc3)c3c(ccc4ccccc43)n2)cc1. The van der Waals surface area contributed by atoms with E-state index in [0.717, 1.165) is 33.3 Å². The van der Waals surface area contributed by atoms with Crippen LogP contribution in [-0.2, 0) is 0 Å². The minimum atomic E-state index is -0.242. The number of pyridine rings is 1. The molecular formula is C25H16FN. The van der Waals surface area contributed by atoms with Crippen molar-refractivity contribution in [3.05, 3.63) is 103 Å². The first-order valence-electron chi connectivity index (χ1n) is 8.93. The summed E-state index contributed by atoms with van der Waals surface area (Å²) in [4.78, 5) is 4.89. The largest absolute Gasteiger partial charge is 0.248 e. The van der Waals surface area contributed by atoms with Crippen molar-refractivity contribution >= 4 is 21.7 Å². The van der Waals surface area contributed by atoms with E-state index in [2.05, 4.69) is 54.6 Å². The molecule has 0 aliphatic heterocycles. The minimum absolute atomic E-state index is 0.242. The number of hydrogen-bond acceptors (Lipinski definition) is 1. The molecule has 0 unspecified atom stereocenters. The quantitative estimate of drug-likeness (QED) is 0.317. The van der Waals surface area contributed by atoms with Gasteiger partial charge in [0.15, 0.2) is 0 Å². The average Bonchev–Trinajstić information content (AvgIpc) is 2.74. The van der Waals surface area contributed by atoms with Crippen LogP contribution in [0.3, 0.4) is 0 Å². The molecular weight excluding hydrogens is 333 g/mol. The van der Waals surface area contributed by atoms with Gasteiger partial charge in [-0.1, -0.05) is 60.7 Å². The van der Waals surface area contributed by atoms with Crippen molar-refractivity contribution in [3.8, 4) is 22.4 Å². The highest BCUT2D eigenvalue weighted by atomic mass is 19.1. The van der Waals surface area contributed by atoms with E-state index in [1.165, 1.54) is 22.9 Å². The summed E-state index contributed by atoms with van der Waals surface area (Å²) in [5, 5.41) is 3.52. The number of nitrogens with zero attached hydrogens (tertiary/aromatic N) is 1.